The minimum absolute atomic E-state index is 0.0217. The summed E-state index contributed by atoms with van der Waals surface area (Å²) in [6.07, 6.45) is 8.59. The van der Waals surface area contributed by atoms with E-state index in [1.807, 2.05) is 31.3 Å². The van der Waals surface area contributed by atoms with Gasteiger partial charge >= 0.3 is 11.9 Å². The number of allylic oxidation sites excluding steroid dienone is 1. The number of hydrogen-bond donors (Lipinski definition) is 2. The number of para-hydroxylation sites is 1. The third-order valence-electron chi connectivity index (χ3n) is 5.45. The lowest BCUT2D eigenvalue weighted by molar-refractivity contribution is -0.134. The predicted molar refractivity (Wildman–Crippen MR) is 120 cm³/mol. The third-order valence-corrected chi connectivity index (χ3v) is 5.45. The molecule has 0 amide bonds. The van der Waals surface area contributed by atoms with E-state index in [2.05, 4.69) is 32.8 Å². The summed E-state index contributed by atoms with van der Waals surface area (Å²) in [4.78, 5) is 36.6. The minimum Gasteiger partial charge on any atom is -0.478 e. The van der Waals surface area contributed by atoms with Crippen LogP contribution >= 0.6 is 0 Å². The van der Waals surface area contributed by atoms with Crippen molar-refractivity contribution in [3.63, 3.8) is 0 Å². The monoisotopic (exact) mass is 435 g/mol. The molecule has 1 unspecified atom stereocenters. The van der Waals surface area contributed by atoms with Crippen molar-refractivity contribution >= 4 is 28.6 Å². The zero-order chi connectivity index (χ0) is 23.3. The highest BCUT2D eigenvalue weighted by molar-refractivity contribution is 6.11. The normalized spacial score (nSPS) is 15.3. The number of carboxylic acid groups (broad SMARTS) is 2. The van der Waals surface area contributed by atoms with Crippen molar-refractivity contribution < 1.29 is 24.6 Å². The Labute approximate surface area is 185 Å². The van der Waals surface area contributed by atoms with Gasteiger partial charge in [-0.3, -0.25) is 4.79 Å². The van der Waals surface area contributed by atoms with Crippen LogP contribution in [-0.2, 0) is 29.1 Å². The van der Waals surface area contributed by atoms with Gasteiger partial charge in [-0.2, -0.15) is 0 Å². The van der Waals surface area contributed by atoms with Crippen LogP contribution in [0.4, 0.5) is 0 Å². The third kappa shape index (κ3) is 4.85. The lowest BCUT2D eigenvalue weighted by Crippen LogP contribution is -2.27. The van der Waals surface area contributed by atoms with Crippen molar-refractivity contribution in [1.29, 1.82) is 0 Å². The van der Waals surface area contributed by atoms with Crippen molar-refractivity contribution in [1.82, 2.24) is 14.1 Å². The number of nitrogens with zero attached hydrogens (tertiary/aromatic N) is 3. The molecule has 2 N–H and O–H groups in total. The number of benzene rings is 1. The van der Waals surface area contributed by atoms with E-state index in [1.165, 1.54) is 5.69 Å². The molecule has 166 valence electrons. The highest BCUT2D eigenvalue weighted by Crippen LogP contribution is 2.35. The molecule has 0 saturated carbocycles. The summed E-state index contributed by atoms with van der Waals surface area (Å²) < 4.78 is 4.32. The summed E-state index contributed by atoms with van der Waals surface area (Å²) in [5.74, 6) is -1.26. The Kier molecular flexibility index (Phi) is 7.04. The van der Waals surface area contributed by atoms with Gasteiger partial charge in [-0.05, 0) is 25.8 Å². The second-order valence-corrected chi connectivity index (χ2v) is 7.47. The zero-order valence-corrected chi connectivity index (χ0v) is 17.8. The molecule has 4 rings (SSSR count). The summed E-state index contributed by atoms with van der Waals surface area (Å²) in [7, 11) is 0. The Hall–Kier alpha value is -3.94. The van der Waals surface area contributed by atoms with Gasteiger partial charge in [-0.25, -0.2) is 14.6 Å². The van der Waals surface area contributed by atoms with Crippen LogP contribution in [0.2, 0.25) is 0 Å². The molecule has 0 saturated heterocycles. The van der Waals surface area contributed by atoms with Gasteiger partial charge in [0.1, 0.15) is 5.82 Å². The molecule has 8 heteroatoms. The van der Waals surface area contributed by atoms with Gasteiger partial charge in [-0.1, -0.05) is 24.3 Å². The van der Waals surface area contributed by atoms with E-state index in [0.717, 1.165) is 41.7 Å². The van der Waals surface area contributed by atoms with Crippen LogP contribution in [0.1, 0.15) is 28.3 Å². The molecule has 1 atom stereocenters. The lowest BCUT2D eigenvalue weighted by Gasteiger charge is -2.23. The van der Waals surface area contributed by atoms with Crippen molar-refractivity contribution in [2.24, 2.45) is 5.92 Å². The zero-order valence-electron chi connectivity index (χ0n) is 17.8. The number of carbonyl (C=O) groups is 3. The fourth-order valence-corrected chi connectivity index (χ4v) is 4.03. The largest absolute Gasteiger partial charge is 0.478 e. The topological polar surface area (TPSA) is 114 Å². The first-order chi connectivity index (χ1) is 15.3. The van der Waals surface area contributed by atoms with Gasteiger partial charge in [-0.15, -0.1) is 6.58 Å². The number of imidazole rings is 1. The molecule has 1 aliphatic rings. The highest BCUT2D eigenvalue weighted by atomic mass is 16.4. The maximum Gasteiger partial charge on any atom is 0.328 e. The van der Waals surface area contributed by atoms with E-state index in [9.17, 15) is 14.4 Å². The van der Waals surface area contributed by atoms with Crippen LogP contribution in [0.25, 0.3) is 10.9 Å². The lowest BCUT2D eigenvalue weighted by atomic mass is 9.85. The summed E-state index contributed by atoms with van der Waals surface area (Å²) in [6.45, 7) is 7.31. The van der Waals surface area contributed by atoms with Gasteiger partial charge in [0.25, 0.3) is 0 Å². The number of Topliss-reactive ketones (excluding diaryl/α,β-unsaturated/α-hetero) is 1. The smallest absolute Gasteiger partial charge is 0.328 e. The minimum atomic E-state index is -1.26. The molecular weight excluding hydrogens is 410 g/mol. The number of fused-ring (bicyclic) bond motifs is 3. The second kappa shape index (κ2) is 9.91. The Balaban J connectivity index is 0.000000312. The van der Waals surface area contributed by atoms with E-state index in [-0.39, 0.29) is 11.7 Å². The van der Waals surface area contributed by atoms with Crippen molar-refractivity contribution in [2.75, 3.05) is 0 Å². The highest BCUT2D eigenvalue weighted by Gasteiger charge is 2.32. The number of hydrogen-bond acceptors (Lipinski definition) is 4. The maximum atomic E-state index is 13.2. The first kappa shape index (κ1) is 22.7. The first-order valence-electron chi connectivity index (χ1n) is 10.2. The molecule has 0 radical (unpaired) electrons. The average Bonchev–Trinajstić information content (AvgIpc) is 3.31. The molecule has 1 aliphatic carbocycles. The molecular formula is C24H25N3O5. The van der Waals surface area contributed by atoms with Gasteiger partial charge in [0.05, 0.1) is 0 Å². The second-order valence-electron chi connectivity index (χ2n) is 7.47. The first-order valence-corrected chi connectivity index (χ1v) is 10.2. The van der Waals surface area contributed by atoms with Gasteiger partial charge < -0.3 is 19.3 Å². The van der Waals surface area contributed by atoms with Gasteiger partial charge in [0.2, 0.25) is 0 Å². The summed E-state index contributed by atoms with van der Waals surface area (Å²) in [6, 6.07) is 8.21. The van der Waals surface area contributed by atoms with E-state index in [0.29, 0.717) is 18.7 Å². The molecule has 0 aliphatic heterocycles. The molecule has 2 heterocycles. The number of carbonyl (C=O) groups excluding carboxylic acids is 1. The Morgan fingerprint density at radius 2 is 1.91 bits per heavy atom. The number of rotatable bonds is 6. The fourth-order valence-electron chi connectivity index (χ4n) is 4.03. The average molecular weight is 435 g/mol. The van der Waals surface area contributed by atoms with E-state index >= 15 is 0 Å². The quantitative estimate of drug-likeness (QED) is 0.452. The molecule has 0 spiro atoms. The Bertz CT molecular complexity index is 1190. The van der Waals surface area contributed by atoms with Crippen LogP contribution in [0.5, 0.6) is 0 Å². The number of ketones is 1. The fraction of sp³-hybridized carbons (Fsp3) is 0.250. The van der Waals surface area contributed by atoms with Crippen molar-refractivity contribution in [2.45, 2.75) is 32.9 Å². The van der Waals surface area contributed by atoms with Gasteiger partial charge in [0, 0.05) is 65.7 Å². The summed E-state index contributed by atoms with van der Waals surface area (Å²) >= 11 is 0. The van der Waals surface area contributed by atoms with Crippen LogP contribution in [0.15, 0.2) is 61.5 Å². The predicted octanol–water partition coefficient (Wildman–Crippen LogP) is 3.49. The maximum absolute atomic E-state index is 13.2. The van der Waals surface area contributed by atoms with Crippen molar-refractivity contribution in [3.05, 3.63) is 78.5 Å². The number of aryl methyl sites for hydroxylation is 1. The van der Waals surface area contributed by atoms with E-state index in [1.54, 1.807) is 6.20 Å². The molecule has 2 aromatic heterocycles. The molecule has 32 heavy (non-hydrogen) atoms. The number of carboxylic acids is 2. The van der Waals surface area contributed by atoms with E-state index in [4.69, 9.17) is 10.2 Å². The molecule has 8 nitrogen and oxygen atoms in total. The molecule has 3 aromatic rings. The molecule has 0 fully saturated rings. The Morgan fingerprint density at radius 3 is 2.50 bits per heavy atom. The standard InChI is InChI=1S/C20H21N3O.C4H4O4/c1-3-11-23-17-7-5-4-6-16(17)19-18(23)9-8-15(20(19)24)13-22-12-10-21-14(22)2;5-3(6)1-2-4(7)8/h3-7,10,12,15H,1,8-9,11,13H2,2H3;1-2H,(H,5,6)(H,7,8)/b;2-1-. The molecule has 1 aromatic carbocycles. The van der Waals surface area contributed by atoms with Crippen LogP contribution in [0.3, 0.4) is 0 Å². The van der Waals surface area contributed by atoms with Crippen LogP contribution in [-0.4, -0.2) is 42.1 Å². The SMILES string of the molecule is C=CCn1c2c(c3ccccc31)C(=O)C(Cn1ccnc1C)CC2.O=C(O)/C=C\C(=O)O. The van der Waals surface area contributed by atoms with Crippen LogP contribution < -0.4 is 0 Å². The van der Waals surface area contributed by atoms with E-state index < -0.39 is 11.9 Å². The Morgan fingerprint density at radius 1 is 1.22 bits per heavy atom. The number of aliphatic carboxylic acids is 2. The van der Waals surface area contributed by atoms with Crippen LogP contribution in [0, 0.1) is 12.8 Å². The molecule has 0 bridgehead atoms. The summed E-state index contributed by atoms with van der Waals surface area (Å²) in [5, 5.41) is 16.7. The van der Waals surface area contributed by atoms with Crippen molar-refractivity contribution in [3.8, 4) is 0 Å². The number of aromatic nitrogens is 3. The van der Waals surface area contributed by atoms with Gasteiger partial charge in [0.15, 0.2) is 5.78 Å². The summed E-state index contributed by atoms with van der Waals surface area (Å²) in [5.41, 5.74) is 3.22.